The van der Waals surface area contributed by atoms with Gasteiger partial charge in [-0.3, -0.25) is 9.78 Å². The molecule has 0 unspecified atom stereocenters. The summed E-state index contributed by atoms with van der Waals surface area (Å²) in [7, 11) is 0. The van der Waals surface area contributed by atoms with E-state index in [1.165, 1.54) is 0 Å². The Bertz CT molecular complexity index is 694. The largest absolute Gasteiger partial charge is 0.317 e. The Morgan fingerprint density at radius 2 is 2.04 bits per heavy atom. The Kier molecular flexibility index (Phi) is 4.81. The van der Waals surface area contributed by atoms with Crippen molar-refractivity contribution in [2.75, 3.05) is 13.1 Å². The summed E-state index contributed by atoms with van der Waals surface area (Å²) in [5, 5.41) is 8.10. The summed E-state index contributed by atoms with van der Waals surface area (Å²) in [6.07, 6.45) is 6.58. The molecule has 5 nitrogen and oxygen atoms in total. The maximum Gasteiger partial charge on any atom is 0.252 e. The third-order valence-electron chi connectivity index (χ3n) is 4.50. The van der Waals surface area contributed by atoms with E-state index in [1.807, 2.05) is 51.4 Å². The Balaban J connectivity index is 1.94. The highest BCUT2D eigenvalue weighted by atomic mass is 16.2. The van der Waals surface area contributed by atoms with E-state index in [4.69, 9.17) is 5.10 Å². The maximum atomic E-state index is 12.6. The first-order chi connectivity index (χ1) is 11.4. The van der Waals surface area contributed by atoms with Crippen LogP contribution < -0.4 is 5.32 Å². The fraction of sp³-hybridized carbons (Fsp3) is 0.526. The molecule has 24 heavy (non-hydrogen) atoms. The van der Waals surface area contributed by atoms with Crippen LogP contribution in [0.1, 0.15) is 61.3 Å². The van der Waals surface area contributed by atoms with Crippen molar-refractivity contribution in [1.82, 2.24) is 20.1 Å². The number of pyridine rings is 1. The van der Waals surface area contributed by atoms with E-state index in [2.05, 4.69) is 10.3 Å². The number of nitrogens with one attached hydrogen (secondary N) is 1. The molecule has 0 saturated carbocycles. The zero-order valence-corrected chi connectivity index (χ0v) is 14.7. The molecule has 1 aliphatic rings. The van der Waals surface area contributed by atoms with E-state index in [0.717, 1.165) is 49.3 Å². The first kappa shape index (κ1) is 16.8. The van der Waals surface area contributed by atoms with Crippen LogP contribution in [0.2, 0.25) is 0 Å². The molecule has 1 N–H and O–H groups in total. The molecule has 2 aromatic rings. The number of nitrogens with zero attached hydrogens (tertiary/aromatic N) is 3. The molecule has 1 fully saturated rings. The summed E-state index contributed by atoms with van der Waals surface area (Å²) in [6.45, 7) is 7.81. The molecular weight excluding hydrogens is 300 g/mol. The van der Waals surface area contributed by atoms with Crippen molar-refractivity contribution in [3.05, 3.63) is 47.5 Å². The van der Waals surface area contributed by atoms with E-state index in [9.17, 15) is 4.79 Å². The minimum atomic E-state index is -0.445. The average Bonchev–Trinajstić information content (AvgIpc) is 2.98. The minimum Gasteiger partial charge on any atom is -0.317 e. The van der Waals surface area contributed by atoms with Crippen molar-refractivity contribution >= 4 is 5.91 Å². The highest BCUT2D eigenvalue weighted by molar-refractivity contribution is 5.83. The van der Waals surface area contributed by atoms with Crippen LogP contribution in [0.5, 0.6) is 0 Å². The molecule has 0 radical (unpaired) electrons. The third-order valence-corrected chi connectivity index (χ3v) is 4.50. The summed E-state index contributed by atoms with van der Waals surface area (Å²) in [5.74, 6) is 0.448. The van der Waals surface area contributed by atoms with Gasteiger partial charge in [0, 0.05) is 41.4 Å². The molecule has 0 amide bonds. The zero-order valence-electron chi connectivity index (χ0n) is 14.7. The van der Waals surface area contributed by atoms with Crippen molar-refractivity contribution in [2.45, 2.75) is 46.0 Å². The van der Waals surface area contributed by atoms with Gasteiger partial charge in [-0.25, -0.2) is 4.68 Å². The van der Waals surface area contributed by atoms with E-state index >= 15 is 0 Å². The molecule has 0 spiro atoms. The summed E-state index contributed by atoms with van der Waals surface area (Å²) in [4.78, 5) is 17.1. The molecule has 2 aromatic heterocycles. The molecule has 3 rings (SSSR count). The van der Waals surface area contributed by atoms with Gasteiger partial charge in [-0.05, 0) is 38.1 Å². The lowest BCUT2D eigenvalue weighted by atomic mass is 9.91. The predicted molar refractivity (Wildman–Crippen MR) is 94.2 cm³/mol. The van der Waals surface area contributed by atoms with Crippen molar-refractivity contribution in [3.63, 3.8) is 0 Å². The van der Waals surface area contributed by atoms with Gasteiger partial charge in [-0.2, -0.15) is 5.10 Å². The van der Waals surface area contributed by atoms with E-state index in [0.29, 0.717) is 5.92 Å². The number of aromatic nitrogens is 3. The van der Waals surface area contributed by atoms with Crippen LogP contribution in [0.3, 0.4) is 0 Å². The summed E-state index contributed by atoms with van der Waals surface area (Å²) < 4.78 is 1.55. The number of hydrogen-bond donors (Lipinski definition) is 1. The van der Waals surface area contributed by atoms with Gasteiger partial charge in [0.25, 0.3) is 5.91 Å². The van der Waals surface area contributed by atoms with Crippen molar-refractivity contribution in [1.29, 1.82) is 0 Å². The normalized spacial score (nSPS) is 16.3. The number of piperidine rings is 1. The number of carbonyl (C=O) groups excluding carboxylic acids is 1. The molecule has 1 aliphatic heterocycles. The standard InChI is InChI=1S/C19H26N4O/c1-19(2,3)18(24)23-13-15(12-16-6-4-5-9-21-16)17(22-23)14-7-10-20-11-8-14/h4-6,9,13-14,20H,7-8,10-12H2,1-3H3. The first-order valence-electron chi connectivity index (χ1n) is 8.69. The molecule has 0 atom stereocenters. The summed E-state index contributed by atoms with van der Waals surface area (Å²) >= 11 is 0. The van der Waals surface area contributed by atoms with Gasteiger partial charge >= 0.3 is 0 Å². The fourth-order valence-electron chi connectivity index (χ4n) is 3.14. The van der Waals surface area contributed by atoms with Crippen molar-refractivity contribution in [2.24, 2.45) is 5.41 Å². The molecule has 128 valence electrons. The highest BCUT2D eigenvalue weighted by Crippen LogP contribution is 2.29. The second-order valence-corrected chi connectivity index (χ2v) is 7.56. The van der Waals surface area contributed by atoms with Gasteiger partial charge in [0.15, 0.2) is 0 Å². The summed E-state index contributed by atoms with van der Waals surface area (Å²) in [5.41, 5.74) is 2.76. The van der Waals surface area contributed by atoms with E-state index < -0.39 is 5.41 Å². The van der Waals surface area contributed by atoms with Crippen molar-refractivity contribution < 1.29 is 4.79 Å². The van der Waals surface area contributed by atoms with Crippen LogP contribution in [0, 0.1) is 5.41 Å². The third kappa shape index (κ3) is 3.73. The Labute approximate surface area is 143 Å². The van der Waals surface area contributed by atoms with Gasteiger partial charge in [0.2, 0.25) is 0 Å². The second kappa shape index (κ2) is 6.85. The number of rotatable bonds is 3. The molecular formula is C19H26N4O. The Morgan fingerprint density at radius 1 is 1.29 bits per heavy atom. The highest BCUT2D eigenvalue weighted by Gasteiger charge is 2.28. The Morgan fingerprint density at radius 3 is 2.67 bits per heavy atom. The molecule has 0 bridgehead atoms. The van der Waals surface area contributed by atoms with E-state index in [-0.39, 0.29) is 5.91 Å². The average molecular weight is 326 g/mol. The lowest BCUT2D eigenvalue weighted by Gasteiger charge is -2.22. The van der Waals surface area contributed by atoms with Crippen LogP contribution in [-0.2, 0) is 6.42 Å². The minimum absolute atomic E-state index is 0.0324. The first-order valence-corrected chi connectivity index (χ1v) is 8.69. The molecule has 0 aromatic carbocycles. The van der Waals surface area contributed by atoms with Gasteiger partial charge in [0.1, 0.15) is 0 Å². The Hall–Kier alpha value is -2.01. The second-order valence-electron chi connectivity index (χ2n) is 7.56. The van der Waals surface area contributed by atoms with Gasteiger partial charge in [-0.1, -0.05) is 26.8 Å². The quantitative estimate of drug-likeness (QED) is 0.942. The molecule has 3 heterocycles. The van der Waals surface area contributed by atoms with Crippen LogP contribution in [0.25, 0.3) is 0 Å². The summed E-state index contributed by atoms with van der Waals surface area (Å²) in [6, 6.07) is 5.94. The van der Waals surface area contributed by atoms with Gasteiger partial charge in [-0.15, -0.1) is 0 Å². The maximum absolute atomic E-state index is 12.6. The smallest absolute Gasteiger partial charge is 0.252 e. The predicted octanol–water partition coefficient (Wildman–Crippen LogP) is 3.02. The van der Waals surface area contributed by atoms with Crippen LogP contribution in [0.4, 0.5) is 0 Å². The zero-order chi connectivity index (χ0) is 17.2. The fourth-order valence-corrected chi connectivity index (χ4v) is 3.14. The number of carbonyl (C=O) groups is 1. The van der Waals surface area contributed by atoms with Gasteiger partial charge < -0.3 is 5.32 Å². The van der Waals surface area contributed by atoms with Crippen LogP contribution in [0.15, 0.2) is 30.6 Å². The molecule has 0 aliphatic carbocycles. The monoisotopic (exact) mass is 326 g/mol. The molecule has 1 saturated heterocycles. The van der Waals surface area contributed by atoms with Crippen molar-refractivity contribution in [3.8, 4) is 0 Å². The van der Waals surface area contributed by atoms with Crippen LogP contribution >= 0.6 is 0 Å². The number of hydrogen-bond acceptors (Lipinski definition) is 4. The SMILES string of the molecule is CC(C)(C)C(=O)n1cc(Cc2ccccn2)c(C2CCNCC2)n1. The van der Waals surface area contributed by atoms with E-state index in [1.54, 1.807) is 4.68 Å². The molecule has 5 heteroatoms. The van der Waals surface area contributed by atoms with Gasteiger partial charge in [0.05, 0.1) is 5.69 Å². The lowest BCUT2D eigenvalue weighted by Crippen LogP contribution is -2.29. The van der Waals surface area contributed by atoms with Crippen LogP contribution in [-0.4, -0.2) is 33.8 Å². The topological polar surface area (TPSA) is 59.8 Å². The lowest BCUT2D eigenvalue weighted by molar-refractivity contribution is 0.0748.